The molecule has 0 saturated carbocycles. The number of hydrogen-bond acceptors (Lipinski definition) is 4. The number of thiocarbonyl (C=S) groups is 1. The topological polar surface area (TPSA) is 67.6 Å². The van der Waals surface area contributed by atoms with Crippen molar-refractivity contribution in [3.8, 4) is 0 Å². The van der Waals surface area contributed by atoms with E-state index < -0.39 is 6.09 Å². The number of amides is 1. The average molecular weight is 369 g/mol. The van der Waals surface area contributed by atoms with Gasteiger partial charge in [-0.05, 0) is 60.2 Å². The summed E-state index contributed by atoms with van der Waals surface area (Å²) in [5, 5.41) is 2.93. The Bertz CT molecular complexity index is 638. The molecule has 2 aliphatic heterocycles. The summed E-state index contributed by atoms with van der Waals surface area (Å²) in [6, 6.07) is 5.03. The number of halogens is 1. The lowest BCUT2D eigenvalue weighted by atomic mass is 9.93. The number of anilines is 1. The van der Waals surface area contributed by atoms with Gasteiger partial charge in [0.05, 0.1) is 18.8 Å². The van der Waals surface area contributed by atoms with Crippen molar-refractivity contribution in [3.05, 3.63) is 29.6 Å². The van der Waals surface area contributed by atoms with E-state index in [1.54, 1.807) is 12.1 Å². The second kappa shape index (κ2) is 7.57. The Balaban J connectivity index is 1.69. The van der Waals surface area contributed by atoms with Crippen LogP contribution in [0.4, 0.5) is 14.9 Å². The smallest absolute Gasteiger partial charge is 0.414 e. The normalized spacial score (nSPS) is 21.6. The van der Waals surface area contributed by atoms with Crippen molar-refractivity contribution in [2.24, 2.45) is 5.73 Å². The highest BCUT2D eigenvalue weighted by atomic mass is 32.2. The Hall–Kier alpha value is -1.54. The summed E-state index contributed by atoms with van der Waals surface area (Å²) in [6.45, 7) is 0.686. The molecule has 0 spiro atoms. The van der Waals surface area contributed by atoms with Gasteiger partial charge in [-0.2, -0.15) is 11.8 Å². The minimum absolute atomic E-state index is 0.158. The van der Waals surface area contributed by atoms with Gasteiger partial charge in [0.25, 0.3) is 0 Å². The van der Waals surface area contributed by atoms with Gasteiger partial charge in [-0.15, -0.1) is 0 Å². The van der Waals surface area contributed by atoms with Crippen LogP contribution in [0.3, 0.4) is 0 Å². The average Bonchev–Trinajstić information content (AvgIpc) is 2.94. The molecule has 1 atom stereocenters. The Labute approximate surface area is 150 Å². The molecule has 5 nitrogen and oxygen atoms in total. The first-order valence-corrected chi connectivity index (χ1v) is 9.49. The third kappa shape index (κ3) is 3.92. The molecule has 24 heavy (non-hydrogen) atoms. The second-order valence-corrected chi connectivity index (χ2v) is 7.62. The Morgan fingerprint density at radius 2 is 2.21 bits per heavy atom. The quantitative estimate of drug-likeness (QED) is 0.795. The molecule has 2 aliphatic rings. The second-order valence-electron chi connectivity index (χ2n) is 5.95. The van der Waals surface area contributed by atoms with E-state index in [9.17, 15) is 9.18 Å². The van der Waals surface area contributed by atoms with Gasteiger partial charge in [0.2, 0.25) is 0 Å². The van der Waals surface area contributed by atoms with E-state index in [0.717, 1.165) is 29.9 Å². The number of hydrogen-bond donors (Lipinski definition) is 2. The zero-order valence-electron chi connectivity index (χ0n) is 13.2. The maximum atomic E-state index is 14.5. The van der Waals surface area contributed by atoms with Crippen molar-refractivity contribution >= 4 is 40.9 Å². The number of ether oxygens (including phenoxy) is 1. The Morgan fingerprint density at radius 1 is 1.46 bits per heavy atom. The van der Waals surface area contributed by atoms with Gasteiger partial charge in [0.1, 0.15) is 11.9 Å². The molecule has 1 aromatic rings. The molecule has 3 rings (SSSR count). The highest BCUT2D eigenvalue weighted by molar-refractivity contribution is 7.99. The number of benzene rings is 1. The van der Waals surface area contributed by atoms with Crippen LogP contribution >= 0.6 is 24.0 Å². The first kappa shape index (κ1) is 17.3. The summed E-state index contributed by atoms with van der Waals surface area (Å²) < 4.78 is 19.8. The van der Waals surface area contributed by atoms with Crippen molar-refractivity contribution in [3.63, 3.8) is 0 Å². The van der Waals surface area contributed by atoms with Crippen LogP contribution in [0.25, 0.3) is 0 Å². The highest BCUT2D eigenvalue weighted by Crippen LogP contribution is 2.34. The van der Waals surface area contributed by atoms with E-state index >= 15 is 0 Å². The lowest BCUT2D eigenvalue weighted by Gasteiger charge is -2.23. The third-order valence-electron chi connectivity index (χ3n) is 4.33. The summed E-state index contributed by atoms with van der Waals surface area (Å²) in [6.07, 6.45) is 1.15. The summed E-state index contributed by atoms with van der Waals surface area (Å²) >= 11 is 6.65. The van der Waals surface area contributed by atoms with Crippen LogP contribution in [0.1, 0.15) is 24.3 Å². The molecule has 2 saturated heterocycles. The van der Waals surface area contributed by atoms with Crippen molar-refractivity contribution < 1.29 is 13.9 Å². The lowest BCUT2D eigenvalue weighted by Crippen LogP contribution is -2.37. The maximum absolute atomic E-state index is 14.5. The molecule has 0 unspecified atom stereocenters. The van der Waals surface area contributed by atoms with Crippen LogP contribution in [0.15, 0.2) is 18.2 Å². The van der Waals surface area contributed by atoms with E-state index in [0.29, 0.717) is 18.8 Å². The third-order valence-corrected chi connectivity index (χ3v) is 5.53. The van der Waals surface area contributed by atoms with Gasteiger partial charge >= 0.3 is 6.09 Å². The number of nitrogens with one attached hydrogen (secondary N) is 1. The molecule has 3 N–H and O–H groups in total. The number of rotatable bonds is 4. The molecule has 130 valence electrons. The molecule has 1 aromatic carbocycles. The van der Waals surface area contributed by atoms with Crippen LogP contribution in [0.2, 0.25) is 0 Å². The number of nitrogens with zero attached hydrogens (tertiary/aromatic N) is 1. The fourth-order valence-electron chi connectivity index (χ4n) is 3.08. The zero-order chi connectivity index (χ0) is 17.1. The first-order chi connectivity index (χ1) is 11.5. The van der Waals surface area contributed by atoms with Gasteiger partial charge in [0, 0.05) is 0 Å². The molecular weight excluding hydrogens is 349 g/mol. The molecule has 0 aliphatic carbocycles. The van der Waals surface area contributed by atoms with Crippen LogP contribution in [-0.2, 0) is 4.74 Å². The summed E-state index contributed by atoms with van der Waals surface area (Å²) in [4.78, 5) is 13.5. The number of nitrogens with two attached hydrogens (primary N) is 1. The van der Waals surface area contributed by atoms with E-state index in [1.165, 1.54) is 11.0 Å². The fourth-order valence-corrected chi connectivity index (χ4v) is 4.27. The van der Waals surface area contributed by atoms with Crippen LogP contribution in [0, 0.1) is 5.82 Å². The maximum Gasteiger partial charge on any atom is 0.414 e. The SMILES string of the molecule is NC(=S)NC[C@H]1CN(c2ccc(C3CCSCC3)c(F)c2)C(=O)O1. The van der Waals surface area contributed by atoms with Gasteiger partial charge < -0.3 is 15.8 Å². The lowest BCUT2D eigenvalue weighted by molar-refractivity contribution is 0.143. The molecule has 8 heteroatoms. The van der Waals surface area contributed by atoms with Gasteiger partial charge in [0.15, 0.2) is 5.11 Å². The molecule has 0 bridgehead atoms. The first-order valence-electron chi connectivity index (χ1n) is 7.93. The zero-order valence-corrected chi connectivity index (χ0v) is 14.8. The fraction of sp³-hybridized carbons (Fsp3) is 0.500. The van der Waals surface area contributed by atoms with E-state index in [2.05, 4.69) is 5.32 Å². The van der Waals surface area contributed by atoms with E-state index in [-0.39, 0.29) is 23.0 Å². The standard InChI is InChI=1S/C16H20FN3O2S2/c17-14-7-11(1-2-13(14)10-3-5-24-6-4-10)20-9-12(22-16(20)21)8-19-15(18)23/h1-2,7,10,12H,3-6,8-9H2,(H3,18,19,23)/t12-/m0/s1. The van der Waals surface area contributed by atoms with Crippen molar-refractivity contribution in [1.82, 2.24) is 5.32 Å². The molecular formula is C16H20FN3O2S2. The van der Waals surface area contributed by atoms with Crippen LogP contribution in [-0.4, -0.2) is 41.9 Å². The minimum atomic E-state index is -0.481. The van der Waals surface area contributed by atoms with Crippen molar-refractivity contribution in [2.45, 2.75) is 24.9 Å². The monoisotopic (exact) mass is 369 g/mol. The molecule has 2 heterocycles. The van der Waals surface area contributed by atoms with Crippen LogP contribution in [0.5, 0.6) is 0 Å². The Kier molecular flexibility index (Phi) is 5.45. The van der Waals surface area contributed by atoms with E-state index in [4.69, 9.17) is 22.7 Å². The van der Waals surface area contributed by atoms with Crippen molar-refractivity contribution in [1.29, 1.82) is 0 Å². The summed E-state index contributed by atoms with van der Waals surface area (Å²) in [7, 11) is 0. The predicted octanol–water partition coefficient (Wildman–Crippen LogP) is 2.59. The highest BCUT2D eigenvalue weighted by Gasteiger charge is 2.33. The number of carbonyl (C=O) groups excluding carboxylic acids is 1. The largest absolute Gasteiger partial charge is 0.442 e. The van der Waals surface area contributed by atoms with Crippen molar-refractivity contribution in [2.75, 3.05) is 29.5 Å². The minimum Gasteiger partial charge on any atom is -0.442 e. The van der Waals surface area contributed by atoms with Gasteiger partial charge in [-0.1, -0.05) is 6.07 Å². The Morgan fingerprint density at radius 3 is 2.88 bits per heavy atom. The van der Waals surface area contributed by atoms with Gasteiger partial charge in [-0.3, -0.25) is 4.90 Å². The van der Waals surface area contributed by atoms with E-state index in [1.807, 2.05) is 11.8 Å². The van der Waals surface area contributed by atoms with Crippen LogP contribution < -0.4 is 16.0 Å². The number of carbonyl (C=O) groups is 1. The molecule has 0 radical (unpaired) electrons. The number of cyclic esters (lactones) is 1. The molecule has 2 fully saturated rings. The number of thioether (sulfide) groups is 1. The van der Waals surface area contributed by atoms with Gasteiger partial charge in [-0.25, -0.2) is 9.18 Å². The summed E-state index contributed by atoms with van der Waals surface area (Å²) in [5.74, 6) is 2.17. The molecule has 1 amide bonds. The molecule has 0 aromatic heterocycles. The summed E-state index contributed by atoms with van der Waals surface area (Å²) in [5.41, 5.74) is 6.64. The predicted molar refractivity (Wildman–Crippen MR) is 98.1 cm³/mol.